The largest absolute Gasteiger partial charge is 0.497 e. The number of nitrogens with one attached hydrogen (secondary N) is 1. The molecule has 1 N–H and O–H groups in total. The standard InChI is InChI=1S/C16H20N2O2/c1-12(13-6-8-17-9-7-13)18-11-14-4-5-15(19-2)10-16(14)20-3/h4-10,12,18H,11H2,1-3H3/t12-/m0/s1. The molecule has 0 radical (unpaired) electrons. The molecule has 2 rings (SSSR count). The summed E-state index contributed by atoms with van der Waals surface area (Å²) in [5.74, 6) is 1.63. The molecule has 0 saturated heterocycles. The first-order valence-corrected chi connectivity index (χ1v) is 6.59. The average molecular weight is 272 g/mol. The molecule has 1 aromatic carbocycles. The Kier molecular flexibility index (Phi) is 4.96. The van der Waals surface area contributed by atoms with E-state index in [1.807, 2.05) is 42.7 Å². The van der Waals surface area contributed by atoms with Gasteiger partial charge in [-0.3, -0.25) is 4.98 Å². The van der Waals surface area contributed by atoms with Crippen LogP contribution in [0.3, 0.4) is 0 Å². The van der Waals surface area contributed by atoms with Gasteiger partial charge in [-0.15, -0.1) is 0 Å². The molecule has 0 fully saturated rings. The van der Waals surface area contributed by atoms with Gasteiger partial charge >= 0.3 is 0 Å². The summed E-state index contributed by atoms with van der Waals surface area (Å²) >= 11 is 0. The van der Waals surface area contributed by atoms with E-state index in [0.717, 1.165) is 23.6 Å². The van der Waals surface area contributed by atoms with Crippen molar-refractivity contribution in [3.05, 3.63) is 53.9 Å². The van der Waals surface area contributed by atoms with Crippen molar-refractivity contribution in [3.63, 3.8) is 0 Å². The SMILES string of the molecule is COc1ccc(CN[C@@H](C)c2ccncc2)c(OC)c1. The number of benzene rings is 1. The van der Waals surface area contributed by atoms with Crippen molar-refractivity contribution in [3.8, 4) is 11.5 Å². The molecule has 0 aliphatic heterocycles. The maximum Gasteiger partial charge on any atom is 0.127 e. The lowest BCUT2D eigenvalue weighted by atomic mass is 10.1. The van der Waals surface area contributed by atoms with E-state index in [2.05, 4.69) is 17.2 Å². The molecule has 0 spiro atoms. The lowest BCUT2D eigenvalue weighted by molar-refractivity contribution is 0.389. The van der Waals surface area contributed by atoms with E-state index in [4.69, 9.17) is 9.47 Å². The van der Waals surface area contributed by atoms with Gasteiger partial charge in [-0.2, -0.15) is 0 Å². The third-order valence-electron chi connectivity index (χ3n) is 3.30. The van der Waals surface area contributed by atoms with Gasteiger partial charge in [-0.1, -0.05) is 6.07 Å². The number of hydrogen-bond donors (Lipinski definition) is 1. The molecular weight excluding hydrogens is 252 g/mol. The van der Waals surface area contributed by atoms with Gasteiger partial charge in [0, 0.05) is 36.6 Å². The van der Waals surface area contributed by atoms with Gasteiger partial charge in [0.05, 0.1) is 14.2 Å². The molecule has 106 valence electrons. The monoisotopic (exact) mass is 272 g/mol. The maximum atomic E-state index is 5.40. The quantitative estimate of drug-likeness (QED) is 0.878. The van der Waals surface area contributed by atoms with Crippen molar-refractivity contribution in [1.29, 1.82) is 0 Å². The Morgan fingerprint density at radius 3 is 2.50 bits per heavy atom. The number of hydrogen-bond acceptors (Lipinski definition) is 4. The van der Waals surface area contributed by atoms with E-state index in [9.17, 15) is 0 Å². The van der Waals surface area contributed by atoms with Crippen LogP contribution < -0.4 is 14.8 Å². The second kappa shape index (κ2) is 6.91. The summed E-state index contributed by atoms with van der Waals surface area (Å²) in [5.41, 5.74) is 2.32. The highest BCUT2D eigenvalue weighted by atomic mass is 16.5. The van der Waals surface area contributed by atoms with E-state index in [0.29, 0.717) is 0 Å². The zero-order valence-electron chi connectivity index (χ0n) is 12.1. The fourth-order valence-electron chi connectivity index (χ4n) is 2.03. The van der Waals surface area contributed by atoms with Crippen molar-refractivity contribution in [2.45, 2.75) is 19.5 Å². The van der Waals surface area contributed by atoms with Gasteiger partial charge < -0.3 is 14.8 Å². The molecule has 0 bridgehead atoms. The van der Waals surface area contributed by atoms with E-state index >= 15 is 0 Å². The third-order valence-corrected chi connectivity index (χ3v) is 3.30. The summed E-state index contributed by atoms with van der Waals surface area (Å²) in [6.07, 6.45) is 3.61. The maximum absolute atomic E-state index is 5.40. The topological polar surface area (TPSA) is 43.4 Å². The van der Waals surface area contributed by atoms with Crippen LogP contribution in [0.5, 0.6) is 11.5 Å². The molecule has 1 atom stereocenters. The zero-order chi connectivity index (χ0) is 14.4. The molecule has 0 unspecified atom stereocenters. The van der Waals surface area contributed by atoms with Crippen molar-refractivity contribution < 1.29 is 9.47 Å². The second-order valence-corrected chi connectivity index (χ2v) is 4.56. The summed E-state index contributed by atoms with van der Waals surface area (Å²) in [4.78, 5) is 4.03. The van der Waals surface area contributed by atoms with Gasteiger partial charge in [0.1, 0.15) is 11.5 Å². The second-order valence-electron chi connectivity index (χ2n) is 4.56. The minimum absolute atomic E-state index is 0.254. The normalized spacial score (nSPS) is 11.9. The fourth-order valence-corrected chi connectivity index (χ4v) is 2.03. The highest BCUT2D eigenvalue weighted by Gasteiger charge is 2.08. The number of pyridine rings is 1. The Balaban J connectivity index is 2.03. The van der Waals surface area contributed by atoms with Crippen LogP contribution in [0.4, 0.5) is 0 Å². The van der Waals surface area contributed by atoms with Gasteiger partial charge in [0.15, 0.2) is 0 Å². The van der Waals surface area contributed by atoms with Crippen molar-refractivity contribution in [1.82, 2.24) is 10.3 Å². The van der Waals surface area contributed by atoms with Crippen LogP contribution in [0.2, 0.25) is 0 Å². The molecular formula is C16H20N2O2. The summed E-state index contributed by atoms with van der Waals surface area (Å²) in [5, 5.41) is 3.48. The highest BCUT2D eigenvalue weighted by Crippen LogP contribution is 2.25. The molecule has 1 heterocycles. The first-order chi connectivity index (χ1) is 9.74. The Labute approximate surface area is 119 Å². The summed E-state index contributed by atoms with van der Waals surface area (Å²) in [6.45, 7) is 2.86. The molecule has 0 amide bonds. The molecule has 0 aliphatic carbocycles. The Morgan fingerprint density at radius 2 is 1.85 bits per heavy atom. The lowest BCUT2D eigenvalue weighted by Crippen LogP contribution is -2.18. The zero-order valence-corrected chi connectivity index (χ0v) is 12.1. The van der Waals surface area contributed by atoms with Crippen LogP contribution >= 0.6 is 0 Å². The number of nitrogens with zero attached hydrogens (tertiary/aromatic N) is 1. The minimum atomic E-state index is 0.254. The molecule has 0 aliphatic rings. The molecule has 20 heavy (non-hydrogen) atoms. The van der Waals surface area contributed by atoms with E-state index in [1.165, 1.54) is 5.56 Å². The van der Waals surface area contributed by atoms with E-state index in [-0.39, 0.29) is 6.04 Å². The van der Waals surface area contributed by atoms with Crippen molar-refractivity contribution >= 4 is 0 Å². The van der Waals surface area contributed by atoms with Crippen LogP contribution in [0.15, 0.2) is 42.7 Å². The van der Waals surface area contributed by atoms with Gasteiger partial charge in [-0.25, -0.2) is 0 Å². The van der Waals surface area contributed by atoms with Crippen LogP contribution in [-0.2, 0) is 6.54 Å². The smallest absolute Gasteiger partial charge is 0.127 e. The molecule has 4 nitrogen and oxygen atoms in total. The van der Waals surface area contributed by atoms with E-state index in [1.54, 1.807) is 14.2 Å². The molecule has 0 saturated carbocycles. The number of aromatic nitrogens is 1. The van der Waals surface area contributed by atoms with Crippen molar-refractivity contribution in [2.24, 2.45) is 0 Å². The predicted octanol–water partition coefficient (Wildman–Crippen LogP) is 2.95. The molecule has 4 heteroatoms. The summed E-state index contributed by atoms with van der Waals surface area (Å²) in [6, 6.07) is 10.1. The fraction of sp³-hybridized carbons (Fsp3) is 0.312. The number of rotatable bonds is 6. The average Bonchev–Trinajstić information content (AvgIpc) is 2.53. The van der Waals surface area contributed by atoms with Gasteiger partial charge in [-0.05, 0) is 30.7 Å². The molecule has 2 aromatic rings. The van der Waals surface area contributed by atoms with Crippen LogP contribution in [-0.4, -0.2) is 19.2 Å². The minimum Gasteiger partial charge on any atom is -0.497 e. The Morgan fingerprint density at radius 1 is 1.10 bits per heavy atom. The number of methoxy groups -OCH3 is 2. The first kappa shape index (κ1) is 14.3. The first-order valence-electron chi connectivity index (χ1n) is 6.59. The van der Waals surface area contributed by atoms with Crippen LogP contribution in [0, 0.1) is 0 Å². The summed E-state index contributed by atoms with van der Waals surface area (Å²) in [7, 11) is 3.32. The van der Waals surface area contributed by atoms with Crippen molar-refractivity contribution in [2.75, 3.05) is 14.2 Å². The number of ether oxygens (including phenoxy) is 2. The molecule has 1 aromatic heterocycles. The predicted molar refractivity (Wildman–Crippen MR) is 79.0 cm³/mol. The summed E-state index contributed by atoms with van der Waals surface area (Å²) < 4.78 is 10.6. The van der Waals surface area contributed by atoms with Gasteiger partial charge in [0.25, 0.3) is 0 Å². The Hall–Kier alpha value is -2.07. The lowest BCUT2D eigenvalue weighted by Gasteiger charge is -2.16. The Bertz CT molecular complexity index is 543. The highest BCUT2D eigenvalue weighted by molar-refractivity contribution is 5.40. The van der Waals surface area contributed by atoms with Gasteiger partial charge in [0.2, 0.25) is 0 Å². The van der Waals surface area contributed by atoms with Crippen LogP contribution in [0.1, 0.15) is 24.1 Å². The van der Waals surface area contributed by atoms with Crippen LogP contribution in [0.25, 0.3) is 0 Å². The third kappa shape index (κ3) is 3.48. The van der Waals surface area contributed by atoms with E-state index < -0.39 is 0 Å².